The zero-order valence-corrected chi connectivity index (χ0v) is 9.61. The average molecular weight is 208 g/mol. The Morgan fingerprint density at radius 2 is 2.47 bits per heavy atom. The van der Waals surface area contributed by atoms with Crippen molar-refractivity contribution in [3.8, 4) is 0 Å². The minimum absolute atomic E-state index is 0.581. The van der Waals surface area contributed by atoms with Gasteiger partial charge in [-0.15, -0.1) is 0 Å². The molecule has 1 aliphatic heterocycles. The maximum atomic E-state index is 4.22. The van der Waals surface area contributed by atoms with Gasteiger partial charge in [0.2, 0.25) is 0 Å². The van der Waals surface area contributed by atoms with E-state index in [-0.39, 0.29) is 0 Å². The average Bonchev–Trinajstić information content (AvgIpc) is 2.64. The SMILES string of the molecule is CC(C)CCNC1CCc2ncnn2C1. The lowest BCUT2D eigenvalue weighted by Gasteiger charge is -2.23. The first-order valence-electron chi connectivity index (χ1n) is 5.86. The lowest BCUT2D eigenvalue weighted by molar-refractivity contribution is 0.351. The number of hydrogen-bond donors (Lipinski definition) is 1. The Kier molecular flexibility index (Phi) is 3.36. The van der Waals surface area contributed by atoms with Gasteiger partial charge in [-0.1, -0.05) is 13.8 Å². The van der Waals surface area contributed by atoms with Crippen LogP contribution in [0.2, 0.25) is 0 Å². The van der Waals surface area contributed by atoms with Gasteiger partial charge in [0, 0.05) is 12.5 Å². The third-order valence-corrected chi connectivity index (χ3v) is 2.96. The molecule has 4 nitrogen and oxygen atoms in total. The number of aryl methyl sites for hydroxylation is 1. The van der Waals surface area contributed by atoms with Crippen LogP contribution >= 0.6 is 0 Å². The molecule has 0 fully saturated rings. The first-order chi connectivity index (χ1) is 7.25. The Morgan fingerprint density at radius 1 is 1.60 bits per heavy atom. The van der Waals surface area contributed by atoms with Crippen LogP contribution in [0.4, 0.5) is 0 Å². The normalized spacial score (nSPS) is 20.6. The molecule has 0 spiro atoms. The van der Waals surface area contributed by atoms with Crippen LogP contribution in [0.25, 0.3) is 0 Å². The summed E-state index contributed by atoms with van der Waals surface area (Å²) < 4.78 is 2.02. The van der Waals surface area contributed by atoms with Gasteiger partial charge in [0.25, 0.3) is 0 Å². The number of rotatable bonds is 4. The minimum Gasteiger partial charge on any atom is -0.312 e. The monoisotopic (exact) mass is 208 g/mol. The molecule has 1 aromatic heterocycles. The first-order valence-corrected chi connectivity index (χ1v) is 5.86. The fraction of sp³-hybridized carbons (Fsp3) is 0.818. The Balaban J connectivity index is 1.78. The van der Waals surface area contributed by atoms with E-state index in [1.54, 1.807) is 6.33 Å². The quantitative estimate of drug-likeness (QED) is 0.809. The van der Waals surface area contributed by atoms with Crippen LogP contribution in [-0.2, 0) is 13.0 Å². The number of nitrogens with zero attached hydrogens (tertiary/aromatic N) is 3. The lowest BCUT2D eigenvalue weighted by Crippen LogP contribution is -2.38. The van der Waals surface area contributed by atoms with Crippen LogP contribution in [-0.4, -0.2) is 27.4 Å². The molecule has 0 aliphatic carbocycles. The van der Waals surface area contributed by atoms with Crippen molar-refractivity contribution in [2.75, 3.05) is 6.54 Å². The second kappa shape index (κ2) is 4.75. The molecule has 84 valence electrons. The van der Waals surface area contributed by atoms with Crippen LogP contribution in [0.1, 0.15) is 32.5 Å². The van der Waals surface area contributed by atoms with Crippen LogP contribution < -0.4 is 5.32 Å². The van der Waals surface area contributed by atoms with Crippen molar-refractivity contribution in [2.24, 2.45) is 5.92 Å². The largest absolute Gasteiger partial charge is 0.312 e. The molecule has 15 heavy (non-hydrogen) atoms. The second-order valence-electron chi connectivity index (χ2n) is 4.73. The van der Waals surface area contributed by atoms with Gasteiger partial charge in [0.05, 0.1) is 6.54 Å². The number of aromatic nitrogens is 3. The highest BCUT2D eigenvalue weighted by Gasteiger charge is 2.18. The predicted molar refractivity (Wildman–Crippen MR) is 59.6 cm³/mol. The third-order valence-electron chi connectivity index (χ3n) is 2.96. The van der Waals surface area contributed by atoms with Crippen molar-refractivity contribution in [2.45, 2.75) is 45.7 Å². The standard InChI is InChI=1S/C11H20N4/c1-9(2)5-6-12-10-3-4-11-13-8-14-15(11)7-10/h8-10,12H,3-7H2,1-2H3. The van der Waals surface area contributed by atoms with E-state index in [4.69, 9.17) is 0 Å². The van der Waals surface area contributed by atoms with Crippen molar-refractivity contribution in [1.29, 1.82) is 0 Å². The molecule has 2 rings (SSSR count). The van der Waals surface area contributed by atoms with Crippen molar-refractivity contribution in [3.63, 3.8) is 0 Å². The van der Waals surface area contributed by atoms with E-state index in [1.165, 1.54) is 12.8 Å². The van der Waals surface area contributed by atoms with E-state index in [1.807, 2.05) is 4.68 Å². The third kappa shape index (κ3) is 2.78. The summed E-state index contributed by atoms with van der Waals surface area (Å²) in [7, 11) is 0. The molecular weight excluding hydrogens is 188 g/mol. The molecule has 1 N–H and O–H groups in total. The first kappa shape index (κ1) is 10.6. The van der Waals surface area contributed by atoms with Gasteiger partial charge in [-0.05, 0) is 25.3 Å². The van der Waals surface area contributed by atoms with Gasteiger partial charge < -0.3 is 5.32 Å². The van der Waals surface area contributed by atoms with Gasteiger partial charge in [-0.2, -0.15) is 5.10 Å². The highest BCUT2D eigenvalue weighted by Crippen LogP contribution is 2.11. The molecule has 0 aromatic carbocycles. The summed E-state index contributed by atoms with van der Waals surface area (Å²) in [4.78, 5) is 4.22. The Bertz CT molecular complexity index is 305. The summed E-state index contributed by atoms with van der Waals surface area (Å²) in [5, 5.41) is 7.81. The fourth-order valence-corrected chi connectivity index (χ4v) is 1.98. The van der Waals surface area contributed by atoms with Gasteiger partial charge in [-0.25, -0.2) is 9.67 Å². The Hall–Kier alpha value is -0.900. The number of nitrogens with one attached hydrogen (secondary N) is 1. The summed E-state index contributed by atoms with van der Waals surface area (Å²) in [5.41, 5.74) is 0. The summed E-state index contributed by atoms with van der Waals surface area (Å²) in [6.45, 7) is 6.62. The van der Waals surface area contributed by atoms with Crippen LogP contribution in [0, 0.1) is 5.92 Å². The lowest BCUT2D eigenvalue weighted by atomic mass is 10.1. The van der Waals surface area contributed by atoms with Gasteiger partial charge in [-0.3, -0.25) is 0 Å². The van der Waals surface area contributed by atoms with Gasteiger partial charge in [0.15, 0.2) is 0 Å². The molecule has 2 heterocycles. The molecule has 0 bridgehead atoms. The smallest absolute Gasteiger partial charge is 0.138 e. The van der Waals surface area contributed by atoms with E-state index >= 15 is 0 Å². The van der Waals surface area contributed by atoms with E-state index in [9.17, 15) is 0 Å². The van der Waals surface area contributed by atoms with E-state index in [2.05, 4.69) is 29.2 Å². The molecular formula is C11H20N4. The highest BCUT2D eigenvalue weighted by molar-refractivity contribution is 4.92. The van der Waals surface area contributed by atoms with Gasteiger partial charge >= 0.3 is 0 Å². The highest BCUT2D eigenvalue weighted by atomic mass is 15.3. The molecule has 0 radical (unpaired) electrons. The van der Waals surface area contributed by atoms with E-state index in [0.29, 0.717) is 6.04 Å². The summed E-state index contributed by atoms with van der Waals surface area (Å²) in [6, 6.07) is 0.581. The summed E-state index contributed by atoms with van der Waals surface area (Å²) in [6.07, 6.45) is 5.16. The summed E-state index contributed by atoms with van der Waals surface area (Å²) in [5.74, 6) is 1.92. The van der Waals surface area contributed by atoms with E-state index < -0.39 is 0 Å². The predicted octanol–water partition coefficient (Wildman–Crippen LogP) is 1.23. The maximum absolute atomic E-state index is 4.22. The van der Waals surface area contributed by atoms with Crippen molar-refractivity contribution >= 4 is 0 Å². The van der Waals surface area contributed by atoms with Crippen molar-refractivity contribution in [3.05, 3.63) is 12.2 Å². The molecule has 1 atom stereocenters. The van der Waals surface area contributed by atoms with Gasteiger partial charge in [0.1, 0.15) is 12.2 Å². The Morgan fingerprint density at radius 3 is 3.27 bits per heavy atom. The van der Waals surface area contributed by atoms with E-state index in [0.717, 1.165) is 31.3 Å². The molecule has 4 heteroatoms. The van der Waals surface area contributed by atoms with Crippen LogP contribution in [0.5, 0.6) is 0 Å². The number of hydrogen-bond acceptors (Lipinski definition) is 3. The maximum Gasteiger partial charge on any atom is 0.138 e. The minimum atomic E-state index is 0.581. The van der Waals surface area contributed by atoms with Crippen LogP contribution in [0.3, 0.4) is 0 Å². The number of fused-ring (bicyclic) bond motifs is 1. The van der Waals surface area contributed by atoms with Crippen molar-refractivity contribution < 1.29 is 0 Å². The Labute approximate surface area is 91.1 Å². The molecule has 0 saturated heterocycles. The molecule has 1 unspecified atom stereocenters. The molecule has 1 aromatic rings. The zero-order chi connectivity index (χ0) is 10.7. The second-order valence-corrected chi connectivity index (χ2v) is 4.73. The summed E-state index contributed by atoms with van der Waals surface area (Å²) >= 11 is 0. The van der Waals surface area contributed by atoms with Crippen LogP contribution in [0.15, 0.2) is 6.33 Å². The zero-order valence-electron chi connectivity index (χ0n) is 9.61. The molecule has 1 aliphatic rings. The fourth-order valence-electron chi connectivity index (χ4n) is 1.98. The topological polar surface area (TPSA) is 42.7 Å². The molecule has 0 saturated carbocycles. The van der Waals surface area contributed by atoms with Crippen molar-refractivity contribution in [1.82, 2.24) is 20.1 Å². The molecule has 0 amide bonds.